The van der Waals surface area contributed by atoms with Gasteiger partial charge in [0.1, 0.15) is 0 Å². The zero-order valence-corrected chi connectivity index (χ0v) is 32.7. The third-order valence-corrected chi connectivity index (χ3v) is 12.8. The lowest BCUT2D eigenvalue weighted by molar-refractivity contribution is -0.124. The van der Waals surface area contributed by atoms with Crippen LogP contribution in [-0.4, -0.2) is 34.7 Å². The van der Waals surface area contributed by atoms with Crippen LogP contribution in [0.25, 0.3) is 11.4 Å². The topological polar surface area (TPSA) is 40.6 Å². The molecule has 0 N–H and O–H groups in total. The predicted molar refractivity (Wildman–Crippen MR) is 200 cm³/mol. The Morgan fingerprint density at radius 1 is 0.600 bits per heavy atom. The van der Waals surface area contributed by atoms with E-state index in [1.807, 2.05) is 21.9 Å². The number of hydrogen-bond donors (Lipinski definition) is 0. The molecule has 4 rings (SSSR count). The minimum atomic E-state index is -0.0227. The quantitative estimate of drug-likeness (QED) is 0.126. The maximum Gasteiger partial charge on any atom is 0.261 e. The highest BCUT2D eigenvalue weighted by molar-refractivity contribution is 9.11. The molecule has 8 heteroatoms. The van der Waals surface area contributed by atoms with Crippen LogP contribution >= 0.6 is 54.5 Å². The second-order valence-electron chi connectivity index (χ2n) is 13.3. The van der Waals surface area contributed by atoms with Crippen LogP contribution in [0, 0.1) is 17.8 Å². The number of carbonyl (C=O) groups excluding carboxylic acids is 2. The summed E-state index contributed by atoms with van der Waals surface area (Å²) in [5.74, 6) is 1.12. The third-order valence-electron chi connectivity index (χ3n) is 9.54. The smallest absolute Gasteiger partial charge is 0.261 e. The molecule has 2 aliphatic rings. The Labute approximate surface area is 297 Å². The molecule has 0 aromatic carbocycles. The Morgan fingerprint density at radius 3 is 1.51 bits per heavy atom. The fourth-order valence-corrected chi connectivity index (χ4v) is 9.53. The number of unbranched alkanes of at least 4 members (excludes halogenated alkanes) is 9. The van der Waals surface area contributed by atoms with Crippen LogP contribution in [0.2, 0.25) is 0 Å². The highest BCUT2D eigenvalue weighted by Crippen LogP contribution is 2.50. The zero-order valence-electron chi connectivity index (χ0n) is 27.9. The number of carbonyl (C=O) groups is 2. The van der Waals surface area contributed by atoms with E-state index in [0.717, 1.165) is 35.1 Å². The van der Waals surface area contributed by atoms with Gasteiger partial charge in [0.15, 0.2) is 0 Å². The van der Waals surface area contributed by atoms with E-state index < -0.39 is 0 Å². The van der Waals surface area contributed by atoms with Gasteiger partial charge in [-0.05, 0) is 80.3 Å². The predicted octanol–water partition coefficient (Wildman–Crippen LogP) is 12.2. The highest BCUT2D eigenvalue weighted by atomic mass is 79.9. The molecule has 0 bridgehead atoms. The average Bonchev–Trinajstić information content (AvgIpc) is 3.76. The summed E-state index contributed by atoms with van der Waals surface area (Å²) < 4.78 is 2.00. The van der Waals surface area contributed by atoms with Gasteiger partial charge in [-0.1, -0.05) is 112 Å². The van der Waals surface area contributed by atoms with E-state index in [1.54, 1.807) is 22.7 Å². The summed E-state index contributed by atoms with van der Waals surface area (Å²) in [6, 6.07) is 8.16. The van der Waals surface area contributed by atoms with Crippen molar-refractivity contribution >= 4 is 77.7 Å². The van der Waals surface area contributed by atoms with E-state index in [4.69, 9.17) is 0 Å². The number of rotatable bonds is 20. The van der Waals surface area contributed by atoms with Crippen molar-refractivity contribution in [3.8, 4) is 0 Å². The van der Waals surface area contributed by atoms with Crippen molar-refractivity contribution < 1.29 is 9.59 Å². The molecule has 2 aliphatic heterocycles. The van der Waals surface area contributed by atoms with Crippen molar-refractivity contribution in [2.24, 2.45) is 17.8 Å². The lowest BCUT2D eigenvalue weighted by atomic mass is 9.90. The maximum atomic E-state index is 14.6. The van der Waals surface area contributed by atoms with Gasteiger partial charge in [-0.2, -0.15) is 0 Å². The van der Waals surface area contributed by atoms with E-state index in [2.05, 4.69) is 78.6 Å². The van der Waals surface area contributed by atoms with Crippen LogP contribution in [0.5, 0.6) is 0 Å². The van der Waals surface area contributed by atoms with Gasteiger partial charge < -0.3 is 9.80 Å². The van der Waals surface area contributed by atoms with Crippen molar-refractivity contribution in [3.63, 3.8) is 0 Å². The van der Waals surface area contributed by atoms with Gasteiger partial charge in [-0.3, -0.25) is 9.59 Å². The van der Waals surface area contributed by atoms with Crippen LogP contribution in [0.1, 0.15) is 128 Å². The van der Waals surface area contributed by atoms with Gasteiger partial charge in [0.05, 0.1) is 39.9 Å². The molecular formula is C37H52Br2N2O2S2. The number of thiophene rings is 2. The van der Waals surface area contributed by atoms with E-state index >= 15 is 0 Å². The first-order valence-corrected chi connectivity index (χ1v) is 20.5. The molecule has 2 amide bonds. The van der Waals surface area contributed by atoms with Crippen molar-refractivity contribution in [1.29, 1.82) is 0 Å². The van der Waals surface area contributed by atoms with Gasteiger partial charge in [0.25, 0.3) is 11.8 Å². The fraction of sp³-hybridized carbons (Fsp3) is 0.622. The number of hydrogen-bond acceptors (Lipinski definition) is 4. The van der Waals surface area contributed by atoms with Crippen molar-refractivity contribution in [1.82, 2.24) is 9.80 Å². The first-order valence-electron chi connectivity index (χ1n) is 17.3. The zero-order chi connectivity index (χ0) is 32.5. The molecule has 0 spiro atoms. The summed E-state index contributed by atoms with van der Waals surface area (Å²) >= 11 is 10.5. The molecule has 0 saturated heterocycles. The summed E-state index contributed by atoms with van der Waals surface area (Å²) in [7, 11) is 0. The lowest BCUT2D eigenvalue weighted by Gasteiger charge is -2.29. The monoisotopic (exact) mass is 778 g/mol. The summed E-state index contributed by atoms with van der Waals surface area (Å²) in [6.45, 7) is 12.6. The fourth-order valence-electron chi connectivity index (χ4n) is 6.64. The molecule has 248 valence electrons. The van der Waals surface area contributed by atoms with Gasteiger partial charge >= 0.3 is 0 Å². The Hall–Kier alpha value is -1.22. The van der Waals surface area contributed by atoms with E-state index in [9.17, 15) is 9.59 Å². The molecule has 45 heavy (non-hydrogen) atoms. The summed E-state index contributed by atoms with van der Waals surface area (Å²) in [6.07, 6.45) is 16.2. The molecule has 2 aromatic heterocycles. The largest absolute Gasteiger partial charge is 0.306 e. The van der Waals surface area contributed by atoms with Crippen molar-refractivity contribution in [2.75, 3.05) is 13.1 Å². The molecule has 4 heterocycles. The summed E-state index contributed by atoms with van der Waals surface area (Å²) in [5, 5.41) is 0. The lowest BCUT2D eigenvalue weighted by Crippen LogP contribution is -2.34. The number of fused-ring (bicyclic) bond motifs is 1. The van der Waals surface area contributed by atoms with Gasteiger partial charge in [0, 0.05) is 13.1 Å². The number of nitrogens with zero attached hydrogens (tertiary/aromatic N) is 2. The number of amides is 2. The van der Waals surface area contributed by atoms with Gasteiger partial charge in [0.2, 0.25) is 0 Å². The third kappa shape index (κ3) is 9.23. The van der Waals surface area contributed by atoms with Gasteiger partial charge in [-0.25, -0.2) is 0 Å². The Morgan fingerprint density at radius 2 is 1.04 bits per heavy atom. The molecule has 4 nitrogen and oxygen atoms in total. The van der Waals surface area contributed by atoms with Crippen LogP contribution in [0.4, 0.5) is 0 Å². The SMILES string of the molecule is CCCCCCCCC(C)CN1C(=O)C2=C(c3ccc(Br)s3)N(CC(C)C(C)CCCCCCC)C(=O)C2=C1c1ccc(Br)s1. The molecule has 0 saturated carbocycles. The summed E-state index contributed by atoms with van der Waals surface area (Å²) in [5.41, 5.74) is 2.80. The number of halogens is 2. The van der Waals surface area contributed by atoms with E-state index in [0.29, 0.717) is 42.0 Å². The van der Waals surface area contributed by atoms with Crippen LogP contribution in [0.15, 0.2) is 43.0 Å². The van der Waals surface area contributed by atoms with E-state index in [1.165, 1.54) is 77.0 Å². The standard InChI is InChI=1S/C37H52Br2N2O2S2/c1-6-8-10-12-14-15-17-25(3)23-40-34(28-19-21-30(38)44-28)32-33(36(40)42)35(29-20-22-31(39)45-29)41(37(32)43)24-27(5)26(4)18-16-13-11-9-7-2/h19-22,25-27H,6-18,23-24H2,1-5H3. The molecule has 3 atom stereocenters. The van der Waals surface area contributed by atoms with Crippen LogP contribution in [0.3, 0.4) is 0 Å². The maximum absolute atomic E-state index is 14.6. The summed E-state index contributed by atoms with van der Waals surface area (Å²) in [4.78, 5) is 34.9. The minimum absolute atomic E-state index is 0.0219. The van der Waals surface area contributed by atoms with Crippen LogP contribution in [-0.2, 0) is 9.59 Å². The Kier molecular flexibility index (Phi) is 14.5. The molecule has 0 fully saturated rings. The molecule has 0 aliphatic carbocycles. The van der Waals surface area contributed by atoms with Gasteiger partial charge in [-0.15, -0.1) is 22.7 Å². The van der Waals surface area contributed by atoms with Crippen molar-refractivity contribution in [3.05, 3.63) is 52.7 Å². The first-order chi connectivity index (χ1) is 21.7. The van der Waals surface area contributed by atoms with Crippen LogP contribution < -0.4 is 0 Å². The molecule has 3 unspecified atom stereocenters. The Bertz CT molecular complexity index is 1360. The van der Waals surface area contributed by atoms with Crippen molar-refractivity contribution in [2.45, 2.75) is 118 Å². The first kappa shape index (κ1) is 36.6. The second-order valence-corrected chi connectivity index (χ2v) is 18.2. The normalized spacial score (nSPS) is 17.2. The second kappa shape index (κ2) is 17.8. The van der Waals surface area contributed by atoms with E-state index in [-0.39, 0.29) is 11.8 Å². The molecule has 0 radical (unpaired) electrons. The molecule has 2 aromatic rings. The molecular weight excluding hydrogens is 728 g/mol. The minimum Gasteiger partial charge on any atom is -0.306 e. The highest BCUT2D eigenvalue weighted by Gasteiger charge is 2.50. The average molecular weight is 781 g/mol. The Balaban J connectivity index is 1.63.